The van der Waals surface area contributed by atoms with E-state index in [-0.39, 0.29) is 27.6 Å². The van der Waals surface area contributed by atoms with Crippen LogP contribution >= 0.6 is 24.2 Å². The second-order valence-electron chi connectivity index (χ2n) is 5.44. The summed E-state index contributed by atoms with van der Waals surface area (Å²) in [6.45, 7) is 0.363. The number of halogens is 4. The molecule has 1 heterocycles. The fourth-order valence-corrected chi connectivity index (χ4v) is 2.91. The number of benzene rings is 2. The average Bonchev–Trinajstić information content (AvgIpc) is 2.60. The summed E-state index contributed by atoms with van der Waals surface area (Å²) in [5.41, 5.74) is -0.281. The molecule has 0 saturated heterocycles. The van der Waals surface area contributed by atoms with Crippen molar-refractivity contribution < 1.29 is 18.0 Å². The number of thiol groups is 1. The second-order valence-corrected chi connectivity index (χ2v) is 6.29. The lowest BCUT2D eigenvalue weighted by atomic mass is 10.0. The molecule has 0 radical (unpaired) electrons. The number of pyridine rings is 1. The molecule has 1 aromatic heterocycles. The number of hydrogen-bond donors (Lipinski definition) is 2. The first-order valence-electron chi connectivity index (χ1n) is 7.54. The number of amides is 1. The molecule has 3 aromatic rings. The SMILES string of the molecule is O=C(NCCS)c1ccc2c(Cl)cnc(-c3c(F)cc(F)cc3F)c2c1. The number of nitrogens with zero attached hydrogens (tertiary/aromatic N) is 1. The van der Waals surface area contributed by atoms with E-state index in [0.29, 0.717) is 29.8 Å². The van der Waals surface area contributed by atoms with Gasteiger partial charge in [0.1, 0.15) is 17.5 Å². The zero-order chi connectivity index (χ0) is 18.8. The monoisotopic (exact) mass is 396 g/mol. The zero-order valence-electron chi connectivity index (χ0n) is 13.2. The maximum atomic E-state index is 14.2. The van der Waals surface area contributed by atoms with Crippen molar-refractivity contribution in [2.45, 2.75) is 0 Å². The Morgan fingerprint density at radius 2 is 1.81 bits per heavy atom. The molecule has 0 aliphatic carbocycles. The molecule has 2 aromatic carbocycles. The first-order chi connectivity index (χ1) is 12.4. The van der Waals surface area contributed by atoms with Crippen LogP contribution in [-0.4, -0.2) is 23.2 Å². The third kappa shape index (κ3) is 3.50. The maximum absolute atomic E-state index is 14.2. The number of nitrogens with one attached hydrogen (secondary N) is 1. The van der Waals surface area contributed by atoms with Gasteiger partial charge in [-0.2, -0.15) is 12.6 Å². The van der Waals surface area contributed by atoms with E-state index in [9.17, 15) is 18.0 Å². The minimum atomic E-state index is -1.09. The quantitative estimate of drug-likeness (QED) is 0.631. The highest BCUT2D eigenvalue weighted by atomic mass is 35.5. The molecule has 8 heteroatoms. The average molecular weight is 397 g/mol. The van der Waals surface area contributed by atoms with Crippen molar-refractivity contribution in [2.75, 3.05) is 12.3 Å². The van der Waals surface area contributed by atoms with Crippen LogP contribution in [0.15, 0.2) is 36.5 Å². The van der Waals surface area contributed by atoms with E-state index in [1.807, 2.05) is 0 Å². The predicted octanol–water partition coefficient (Wildman–Crippen LogP) is 4.63. The van der Waals surface area contributed by atoms with Gasteiger partial charge in [0.2, 0.25) is 0 Å². The minimum Gasteiger partial charge on any atom is -0.351 e. The van der Waals surface area contributed by atoms with Crippen LogP contribution < -0.4 is 5.32 Å². The van der Waals surface area contributed by atoms with Gasteiger partial charge >= 0.3 is 0 Å². The predicted molar refractivity (Wildman–Crippen MR) is 98.2 cm³/mol. The summed E-state index contributed by atoms with van der Waals surface area (Å²) in [4.78, 5) is 16.2. The van der Waals surface area contributed by atoms with Crippen LogP contribution in [0.1, 0.15) is 10.4 Å². The molecule has 1 N–H and O–H groups in total. The number of aromatic nitrogens is 1. The minimum absolute atomic E-state index is 0.0664. The van der Waals surface area contributed by atoms with Crippen LogP contribution in [0, 0.1) is 17.5 Å². The molecule has 3 nitrogen and oxygen atoms in total. The number of carbonyl (C=O) groups is 1. The number of carbonyl (C=O) groups excluding carboxylic acids is 1. The van der Waals surface area contributed by atoms with Crippen molar-refractivity contribution in [1.82, 2.24) is 10.3 Å². The molecular weight excluding hydrogens is 385 g/mol. The van der Waals surface area contributed by atoms with E-state index >= 15 is 0 Å². The summed E-state index contributed by atoms with van der Waals surface area (Å²) in [5.74, 6) is -3.13. The van der Waals surface area contributed by atoms with E-state index in [1.165, 1.54) is 12.3 Å². The molecule has 0 atom stereocenters. The molecular formula is C18H12ClF3N2OS. The van der Waals surface area contributed by atoms with Gasteiger partial charge in [0.15, 0.2) is 0 Å². The van der Waals surface area contributed by atoms with Crippen molar-refractivity contribution >= 4 is 40.9 Å². The lowest BCUT2D eigenvalue weighted by Crippen LogP contribution is -2.25. The van der Waals surface area contributed by atoms with Gasteiger partial charge in [-0.15, -0.1) is 0 Å². The molecule has 0 unspecified atom stereocenters. The van der Waals surface area contributed by atoms with E-state index in [2.05, 4.69) is 22.9 Å². The lowest BCUT2D eigenvalue weighted by molar-refractivity contribution is 0.0956. The zero-order valence-corrected chi connectivity index (χ0v) is 14.8. The Balaban J connectivity index is 2.23. The van der Waals surface area contributed by atoms with Gasteiger partial charge in [-0.25, -0.2) is 13.2 Å². The highest BCUT2D eigenvalue weighted by Gasteiger charge is 2.19. The van der Waals surface area contributed by atoms with Crippen LogP contribution in [0.3, 0.4) is 0 Å². The Morgan fingerprint density at radius 3 is 2.46 bits per heavy atom. The summed E-state index contributed by atoms with van der Waals surface area (Å²) in [6, 6.07) is 5.70. The van der Waals surface area contributed by atoms with Crippen molar-refractivity contribution in [3.63, 3.8) is 0 Å². The summed E-state index contributed by atoms with van der Waals surface area (Å²) in [6.07, 6.45) is 1.25. The molecule has 134 valence electrons. The normalized spacial score (nSPS) is 11.0. The Morgan fingerprint density at radius 1 is 1.12 bits per heavy atom. The van der Waals surface area contributed by atoms with Crippen molar-refractivity contribution in [3.8, 4) is 11.3 Å². The van der Waals surface area contributed by atoms with E-state index in [4.69, 9.17) is 11.6 Å². The van der Waals surface area contributed by atoms with Gasteiger partial charge in [-0.1, -0.05) is 17.7 Å². The van der Waals surface area contributed by atoms with Crippen LogP contribution in [0.5, 0.6) is 0 Å². The Labute approximate surface area is 157 Å². The summed E-state index contributed by atoms with van der Waals surface area (Å²) in [7, 11) is 0. The fraction of sp³-hybridized carbons (Fsp3) is 0.111. The Kier molecular flexibility index (Phi) is 5.38. The third-order valence-electron chi connectivity index (χ3n) is 3.74. The third-order valence-corrected chi connectivity index (χ3v) is 4.27. The Bertz CT molecular complexity index is 990. The first-order valence-corrected chi connectivity index (χ1v) is 8.55. The standard InChI is InChI=1S/C18H12ClF3N2OS/c19-13-8-24-17(16-14(21)6-10(20)7-15(16)22)12-5-9(1-2-11(12)13)18(25)23-3-4-26/h1-2,5-8,26H,3-4H2,(H,23,25). The summed E-state index contributed by atoms with van der Waals surface area (Å²) in [5, 5.41) is 3.65. The Hall–Kier alpha value is -2.25. The van der Waals surface area contributed by atoms with Gasteiger partial charge in [0.25, 0.3) is 5.91 Å². The van der Waals surface area contributed by atoms with E-state index in [1.54, 1.807) is 12.1 Å². The van der Waals surface area contributed by atoms with Crippen molar-refractivity contribution in [3.05, 3.63) is 64.6 Å². The molecule has 0 spiro atoms. The summed E-state index contributed by atoms with van der Waals surface area (Å²) >= 11 is 10.1. The fourth-order valence-electron chi connectivity index (χ4n) is 2.59. The van der Waals surface area contributed by atoms with E-state index in [0.717, 1.165) is 0 Å². The molecule has 0 aliphatic rings. The molecule has 0 aliphatic heterocycles. The first kappa shape index (κ1) is 18.5. The topological polar surface area (TPSA) is 42.0 Å². The molecule has 0 fully saturated rings. The van der Waals surface area contributed by atoms with Crippen LogP contribution in [-0.2, 0) is 0 Å². The highest BCUT2D eigenvalue weighted by molar-refractivity contribution is 7.80. The maximum Gasteiger partial charge on any atom is 0.251 e. The van der Waals surface area contributed by atoms with Crippen LogP contribution in [0.25, 0.3) is 22.0 Å². The van der Waals surface area contributed by atoms with Crippen LogP contribution in [0.4, 0.5) is 13.2 Å². The highest BCUT2D eigenvalue weighted by Crippen LogP contribution is 2.34. The van der Waals surface area contributed by atoms with Gasteiger partial charge < -0.3 is 5.32 Å². The summed E-state index contributed by atoms with van der Waals surface area (Å²) < 4.78 is 41.6. The van der Waals surface area contributed by atoms with Gasteiger partial charge in [-0.05, 0) is 12.1 Å². The number of hydrogen-bond acceptors (Lipinski definition) is 3. The smallest absolute Gasteiger partial charge is 0.251 e. The van der Waals surface area contributed by atoms with E-state index < -0.39 is 23.0 Å². The lowest BCUT2D eigenvalue weighted by Gasteiger charge is -2.11. The molecule has 26 heavy (non-hydrogen) atoms. The van der Waals surface area contributed by atoms with Gasteiger partial charge in [0.05, 0.1) is 16.3 Å². The number of fused-ring (bicyclic) bond motifs is 1. The second kappa shape index (κ2) is 7.55. The molecule has 0 saturated carbocycles. The largest absolute Gasteiger partial charge is 0.351 e. The molecule has 3 rings (SSSR count). The molecule has 1 amide bonds. The van der Waals surface area contributed by atoms with Gasteiger partial charge in [-0.3, -0.25) is 9.78 Å². The molecule has 0 bridgehead atoms. The van der Waals surface area contributed by atoms with Crippen molar-refractivity contribution in [2.24, 2.45) is 0 Å². The van der Waals surface area contributed by atoms with Crippen LogP contribution in [0.2, 0.25) is 5.02 Å². The van der Waals surface area contributed by atoms with Gasteiger partial charge in [0, 0.05) is 47.0 Å². The van der Waals surface area contributed by atoms with Crippen molar-refractivity contribution in [1.29, 1.82) is 0 Å². The number of rotatable bonds is 4.